The van der Waals surface area contributed by atoms with E-state index in [2.05, 4.69) is 22.0 Å². The highest BCUT2D eigenvalue weighted by Crippen LogP contribution is 2.22. The topological polar surface area (TPSA) is 42.9 Å². The highest BCUT2D eigenvalue weighted by Gasteiger charge is 2.02. The van der Waals surface area contributed by atoms with Gasteiger partial charge in [-0.2, -0.15) is 0 Å². The summed E-state index contributed by atoms with van der Waals surface area (Å²) in [4.78, 5) is 5.22. The summed E-state index contributed by atoms with van der Waals surface area (Å²) in [5.41, 5.74) is 3.18. The third-order valence-electron chi connectivity index (χ3n) is 2.37. The molecule has 14 heavy (non-hydrogen) atoms. The Morgan fingerprint density at radius 2 is 2.14 bits per heavy atom. The predicted molar refractivity (Wildman–Crippen MR) is 60.5 cm³/mol. The van der Waals surface area contributed by atoms with Crippen molar-refractivity contribution in [3.63, 3.8) is 0 Å². The number of hydrogen-bond acceptors (Lipinski definition) is 2. The number of nitrogens with zero attached hydrogens (tertiary/aromatic N) is 1. The number of aromatic amines is 1. The molecule has 2 N–H and O–H groups in total. The lowest BCUT2D eigenvalue weighted by Crippen LogP contribution is -2.07. The average Bonchev–Trinajstić information content (AvgIpc) is 2.59. The van der Waals surface area contributed by atoms with Crippen LogP contribution in [-0.4, -0.2) is 25.3 Å². The van der Waals surface area contributed by atoms with E-state index in [0.29, 0.717) is 0 Å². The minimum absolute atomic E-state index is 0.935. The lowest BCUT2D eigenvalue weighted by molar-refractivity contribution is 1.13. The fourth-order valence-corrected chi connectivity index (χ4v) is 1.53. The van der Waals surface area contributed by atoms with Crippen molar-refractivity contribution in [3.05, 3.63) is 30.0 Å². The van der Waals surface area contributed by atoms with Crippen LogP contribution in [0, 0.1) is 5.41 Å². The van der Waals surface area contributed by atoms with E-state index in [1.165, 1.54) is 6.21 Å². The van der Waals surface area contributed by atoms with Gasteiger partial charge in [-0.15, -0.1) is 0 Å². The van der Waals surface area contributed by atoms with Crippen molar-refractivity contribution in [2.75, 3.05) is 19.0 Å². The van der Waals surface area contributed by atoms with Gasteiger partial charge in [-0.05, 0) is 12.1 Å². The summed E-state index contributed by atoms with van der Waals surface area (Å²) in [6.45, 7) is 0. The summed E-state index contributed by atoms with van der Waals surface area (Å²) < 4.78 is 0. The molecule has 0 saturated heterocycles. The SMILES string of the molecule is CN(C)c1ccc2c(C=N)c[nH]c2c1. The first-order valence-electron chi connectivity index (χ1n) is 4.51. The van der Waals surface area contributed by atoms with Crippen molar-refractivity contribution in [2.24, 2.45) is 0 Å². The predicted octanol–water partition coefficient (Wildman–Crippen LogP) is 2.23. The number of fused-ring (bicyclic) bond motifs is 1. The van der Waals surface area contributed by atoms with Gasteiger partial charge in [-0.1, -0.05) is 6.07 Å². The highest BCUT2D eigenvalue weighted by atomic mass is 15.1. The zero-order valence-electron chi connectivity index (χ0n) is 8.33. The maximum Gasteiger partial charge on any atom is 0.0481 e. The molecule has 0 atom stereocenters. The van der Waals surface area contributed by atoms with Gasteiger partial charge < -0.3 is 15.3 Å². The van der Waals surface area contributed by atoms with Gasteiger partial charge >= 0.3 is 0 Å². The number of rotatable bonds is 2. The fourth-order valence-electron chi connectivity index (χ4n) is 1.53. The number of benzene rings is 1. The molecule has 1 heterocycles. The van der Waals surface area contributed by atoms with E-state index in [-0.39, 0.29) is 0 Å². The van der Waals surface area contributed by atoms with E-state index in [4.69, 9.17) is 5.41 Å². The second kappa shape index (κ2) is 3.18. The molecule has 1 aromatic heterocycles. The van der Waals surface area contributed by atoms with Crippen LogP contribution in [0.2, 0.25) is 0 Å². The third kappa shape index (κ3) is 1.27. The minimum Gasteiger partial charge on any atom is -0.378 e. The standard InChI is InChI=1S/C11H13N3/c1-14(2)9-3-4-10-8(6-12)7-13-11(10)5-9/h3-7,12-13H,1-2H3. The third-order valence-corrected chi connectivity index (χ3v) is 2.37. The van der Waals surface area contributed by atoms with Crippen LogP contribution in [0.25, 0.3) is 10.9 Å². The number of hydrogen-bond donors (Lipinski definition) is 2. The summed E-state index contributed by atoms with van der Waals surface area (Å²) in [7, 11) is 4.03. The Morgan fingerprint density at radius 3 is 2.79 bits per heavy atom. The van der Waals surface area contributed by atoms with E-state index in [9.17, 15) is 0 Å². The lowest BCUT2D eigenvalue weighted by atomic mass is 10.1. The normalized spacial score (nSPS) is 10.4. The van der Waals surface area contributed by atoms with Gasteiger partial charge in [0.05, 0.1) is 0 Å². The van der Waals surface area contributed by atoms with Crippen LogP contribution in [0.5, 0.6) is 0 Å². The van der Waals surface area contributed by atoms with Gasteiger partial charge in [0.1, 0.15) is 0 Å². The van der Waals surface area contributed by atoms with Crippen molar-refractivity contribution in [2.45, 2.75) is 0 Å². The Bertz CT molecular complexity index is 468. The van der Waals surface area contributed by atoms with Crippen LogP contribution < -0.4 is 4.90 Å². The molecule has 0 amide bonds. The molecule has 72 valence electrons. The Balaban J connectivity index is 2.63. The smallest absolute Gasteiger partial charge is 0.0481 e. The fraction of sp³-hybridized carbons (Fsp3) is 0.182. The number of nitrogens with one attached hydrogen (secondary N) is 2. The maximum absolute atomic E-state index is 7.23. The molecule has 0 unspecified atom stereocenters. The number of aromatic nitrogens is 1. The molecule has 3 nitrogen and oxygen atoms in total. The van der Waals surface area contributed by atoms with E-state index >= 15 is 0 Å². The van der Waals surface area contributed by atoms with Gasteiger partial charge in [0, 0.05) is 48.7 Å². The average molecular weight is 187 g/mol. The minimum atomic E-state index is 0.935. The first-order valence-corrected chi connectivity index (χ1v) is 4.51. The van der Waals surface area contributed by atoms with Crippen LogP contribution in [0.3, 0.4) is 0 Å². The molecule has 0 bridgehead atoms. The molecule has 3 heteroatoms. The molecule has 0 spiro atoms. The lowest BCUT2D eigenvalue weighted by Gasteiger charge is -2.11. The summed E-state index contributed by atoms with van der Waals surface area (Å²) in [6, 6.07) is 6.19. The van der Waals surface area contributed by atoms with E-state index in [0.717, 1.165) is 22.2 Å². The Kier molecular flexibility index (Phi) is 2.00. The van der Waals surface area contributed by atoms with Crippen molar-refractivity contribution >= 4 is 22.8 Å². The molecule has 2 rings (SSSR count). The van der Waals surface area contributed by atoms with Gasteiger partial charge in [0.2, 0.25) is 0 Å². The van der Waals surface area contributed by atoms with Gasteiger partial charge in [-0.3, -0.25) is 0 Å². The van der Waals surface area contributed by atoms with Crippen LogP contribution in [0.1, 0.15) is 5.56 Å². The van der Waals surface area contributed by atoms with Crippen LogP contribution in [0.15, 0.2) is 24.4 Å². The Morgan fingerprint density at radius 1 is 1.36 bits per heavy atom. The summed E-state index contributed by atoms with van der Waals surface area (Å²) in [6.07, 6.45) is 3.23. The molecule has 0 saturated carbocycles. The van der Waals surface area contributed by atoms with Gasteiger partial charge in [0.15, 0.2) is 0 Å². The molecule has 0 fully saturated rings. The molecule has 0 radical (unpaired) electrons. The van der Waals surface area contributed by atoms with Gasteiger partial charge in [0.25, 0.3) is 0 Å². The van der Waals surface area contributed by atoms with E-state index in [1.807, 2.05) is 26.4 Å². The van der Waals surface area contributed by atoms with E-state index in [1.54, 1.807) is 0 Å². The highest BCUT2D eigenvalue weighted by molar-refractivity contribution is 5.99. The largest absolute Gasteiger partial charge is 0.378 e. The molecule has 1 aromatic carbocycles. The van der Waals surface area contributed by atoms with Crippen molar-refractivity contribution in [1.82, 2.24) is 4.98 Å². The monoisotopic (exact) mass is 187 g/mol. The van der Waals surface area contributed by atoms with Crippen LogP contribution >= 0.6 is 0 Å². The second-order valence-corrected chi connectivity index (χ2v) is 3.51. The first-order chi connectivity index (χ1) is 6.72. The molecule has 2 aromatic rings. The molecule has 0 aliphatic rings. The van der Waals surface area contributed by atoms with Crippen LogP contribution in [-0.2, 0) is 0 Å². The first kappa shape index (κ1) is 8.81. The zero-order chi connectivity index (χ0) is 10.1. The molecule has 0 aliphatic heterocycles. The molecule has 0 aliphatic carbocycles. The maximum atomic E-state index is 7.23. The summed E-state index contributed by atoms with van der Waals surface area (Å²) in [5.74, 6) is 0. The number of anilines is 1. The second-order valence-electron chi connectivity index (χ2n) is 3.51. The quantitative estimate of drug-likeness (QED) is 0.695. The summed E-state index contributed by atoms with van der Waals surface area (Å²) >= 11 is 0. The Labute approximate surface area is 82.9 Å². The molecular weight excluding hydrogens is 174 g/mol. The van der Waals surface area contributed by atoms with Crippen LogP contribution in [0.4, 0.5) is 5.69 Å². The van der Waals surface area contributed by atoms with Gasteiger partial charge in [-0.25, -0.2) is 0 Å². The van der Waals surface area contributed by atoms with Crippen molar-refractivity contribution in [1.29, 1.82) is 5.41 Å². The van der Waals surface area contributed by atoms with Crippen molar-refractivity contribution < 1.29 is 0 Å². The Hall–Kier alpha value is -1.77. The van der Waals surface area contributed by atoms with Crippen molar-refractivity contribution in [3.8, 4) is 0 Å². The summed E-state index contributed by atoms with van der Waals surface area (Å²) in [5, 5.41) is 8.33. The zero-order valence-corrected chi connectivity index (χ0v) is 8.33. The van der Waals surface area contributed by atoms with E-state index < -0.39 is 0 Å². The molecular formula is C11H13N3. The number of H-pyrrole nitrogens is 1.